The quantitative estimate of drug-likeness (QED) is 0.344. The normalized spacial score (nSPS) is 11.9. The summed E-state index contributed by atoms with van der Waals surface area (Å²) in [6.45, 7) is 6.82. The number of rotatable bonds is 3. The molecule has 0 saturated heterocycles. The monoisotopic (exact) mass is 212 g/mol. The van der Waals surface area contributed by atoms with Crippen LogP contribution in [0.1, 0.15) is 28.9 Å². The molecule has 0 radical (unpaired) electrons. The molecule has 0 spiro atoms. The molecule has 0 fully saturated rings. The van der Waals surface area contributed by atoms with E-state index in [0.717, 1.165) is 34.4 Å². The third-order valence-corrected chi connectivity index (χ3v) is 2.83. The maximum atomic E-state index is 5.42. The third kappa shape index (κ3) is 2.52. The molecule has 14 heavy (non-hydrogen) atoms. The first-order chi connectivity index (χ1) is 6.69. The summed E-state index contributed by atoms with van der Waals surface area (Å²) in [7, 11) is 0. The van der Waals surface area contributed by atoms with Crippen LogP contribution in [0.3, 0.4) is 0 Å². The Kier molecular flexibility index (Phi) is 4.03. The van der Waals surface area contributed by atoms with Gasteiger partial charge < -0.3 is 5.43 Å². The van der Waals surface area contributed by atoms with E-state index < -0.39 is 0 Å². The van der Waals surface area contributed by atoms with Crippen molar-refractivity contribution in [3.63, 3.8) is 0 Å². The minimum Gasteiger partial charge on any atom is -0.308 e. The van der Waals surface area contributed by atoms with Gasteiger partial charge in [0.05, 0.1) is 15.6 Å². The zero-order chi connectivity index (χ0) is 10.6. The van der Waals surface area contributed by atoms with E-state index in [1.54, 1.807) is 11.3 Å². The van der Waals surface area contributed by atoms with Crippen LogP contribution >= 0.6 is 11.3 Å². The van der Waals surface area contributed by atoms with Gasteiger partial charge in [-0.3, -0.25) is 4.99 Å². The van der Waals surface area contributed by atoms with Gasteiger partial charge in [-0.25, -0.2) is 10.8 Å². The fourth-order valence-electron chi connectivity index (χ4n) is 1.16. The summed E-state index contributed by atoms with van der Waals surface area (Å²) >= 11 is 1.61. The van der Waals surface area contributed by atoms with Gasteiger partial charge in [-0.1, -0.05) is 6.92 Å². The van der Waals surface area contributed by atoms with Crippen molar-refractivity contribution in [2.45, 2.75) is 27.2 Å². The molecule has 1 aromatic rings. The number of thiazole rings is 1. The lowest BCUT2D eigenvalue weighted by Gasteiger charge is -2.02. The smallest absolute Gasteiger partial charge is 0.154 e. The van der Waals surface area contributed by atoms with E-state index in [9.17, 15) is 0 Å². The molecule has 0 aliphatic heterocycles. The Balaban J connectivity index is 2.94. The summed E-state index contributed by atoms with van der Waals surface area (Å²) in [6.07, 6.45) is 1.02. The zero-order valence-electron chi connectivity index (χ0n) is 8.79. The Hall–Kier alpha value is -0.940. The van der Waals surface area contributed by atoms with E-state index >= 15 is 0 Å². The summed E-state index contributed by atoms with van der Waals surface area (Å²) in [5, 5.41) is 1.04. The molecule has 5 heteroatoms. The minimum absolute atomic E-state index is 0.745. The number of aliphatic imine (C=N–C) groups is 1. The van der Waals surface area contributed by atoms with Crippen LogP contribution in [0.5, 0.6) is 0 Å². The van der Waals surface area contributed by atoms with E-state index in [4.69, 9.17) is 5.84 Å². The Morgan fingerprint density at radius 2 is 2.29 bits per heavy atom. The lowest BCUT2D eigenvalue weighted by molar-refractivity contribution is 0.908. The summed E-state index contributed by atoms with van der Waals surface area (Å²) in [4.78, 5) is 9.73. The highest BCUT2D eigenvalue weighted by atomic mass is 32.1. The topological polar surface area (TPSA) is 63.3 Å². The highest BCUT2D eigenvalue weighted by Crippen LogP contribution is 2.17. The van der Waals surface area contributed by atoms with Crippen molar-refractivity contribution in [1.29, 1.82) is 0 Å². The molecule has 0 aliphatic carbocycles. The lowest BCUT2D eigenvalue weighted by atomic mass is 10.3. The standard InChI is InChI=1S/C9H16N4S/c1-4-5-11-9(13-10)8-6(2)12-7(3)14-8/h4-5,10H2,1-3H3,(H,11,13). The molecular formula is C9H16N4S. The molecule has 1 aromatic heterocycles. The molecule has 78 valence electrons. The van der Waals surface area contributed by atoms with Crippen molar-refractivity contribution in [2.75, 3.05) is 6.54 Å². The van der Waals surface area contributed by atoms with Crippen LogP contribution in [-0.2, 0) is 0 Å². The van der Waals surface area contributed by atoms with Crippen LogP contribution in [0.25, 0.3) is 0 Å². The van der Waals surface area contributed by atoms with Crippen molar-refractivity contribution < 1.29 is 0 Å². The maximum absolute atomic E-state index is 5.42. The van der Waals surface area contributed by atoms with E-state index in [2.05, 4.69) is 22.3 Å². The van der Waals surface area contributed by atoms with Gasteiger partial charge >= 0.3 is 0 Å². The fourth-order valence-corrected chi connectivity index (χ4v) is 2.05. The summed E-state index contributed by atoms with van der Waals surface area (Å²) in [6, 6.07) is 0. The highest BCUT2D eigenvalue weighted by molar-refractivity contribution is 7.13. The second-order valence-corrected chi connectivity index (χ2v) is 4.23. The molecule has 0 aliphatic rings. The summed E-state index contributed by atoms with van der Waals surface area (Å²) in [5.74, 6) is 6.17. The first kappa shape index (κ1) is 11.1. The number of hydrogen-bond acceptors (Lipinski definition) is 4. The van der Waals surface area contributed by atoms with Crippen LogP contribution in [-0.4, -0.2) is 17.4 Å². The number of nitrogens with two attached hydrogens (primary N) is 1. The van der Waals surface area contributed by atoms with Gasteiger partial charge in [0.2, 0.25) is 0 Å². The summed E-state index contributed by atoms with van der Waals surface area (Å²) < 4.78 is 0. The molecule has 0 bridgehead atoms. The number of nitrogens with zero attached hydrogens (tertiary/aromatic N) is 2. The van der Waals surface area contributed by atoms with Crippen molar-refractivity contribution in [3.05, 3.63) is 15.6 Å². The predicted molar refractivity (Wildman–Crippen MR) is 60.6 cm³/mol. The van der Waals surface area contributed by atoms with Gasteiger partial charge in [0.1, 0.15) is 0 Å². The first-order valence-corrected chi connectivity index (χ1v) is 5.46. The van der Waals surface area contributed by atoms with Gasteiger partial charge in [0.25, 0.3) is 0 Å². The molecule has 0 saturated carbocycles. The molecular weight excluding hydrogens is 196 g/mol. The lowest BCUT2D eigenvalue weighted by Crippen LogP contribution is -2.31. The largest absolute Gasteiger partial charge is 0.308 e. The summed E-state index contributed by atoms with van der Waals surface area (Å²) in [5.41, 5.74) is 3.61. The van der Waals surface area contributed by atoms with E-state index in [-0.39, 0.29) is 0 Å². The predicted octanol–water partition coefficient (Wildman–Crippen LogP) is 1.38. The third-order valence-electron chi connectivity index (χ3n) is 1.75. The second kappa shape index (κ2) is 5.07. The Morgan fingerprint density at radius 1 is 1.57 bits per heavy atom. The molecule has 0 unspecified atom stereocenters. The van der Waals surface area contributed by atoms with E-state index in [1.165, 1.54) is 0 Å². The Bertz CT molecular complexity index is 330. The average molecular weight is 212 g/mol. The van der Waals surface area contributed by atoms with Crippen molar-refractivity contribution >= 4 is 17.2 Å². The number of nitrogens with one attached hydrogen (secondary N) is 1. The van der Waals surface area contributed by atoms with Gasteiger partial charge in [-0.05, 0) is 20.3 Å². The van der Waals surface area contributed by atoms with Crippen molar-refractivity contribution in [3.8, 4) is 0 Å². The van der Waals surface area contributed by atoms with Gasteiger partial charge in [0, 0.05) is 6.54 Å². The van der Waals surface area contributed by atoms with Gasteiger partial charge in [-0.15, -0.1) is 11.3 Å². The van der Waals surface area contributed by atoms with E-state index in [1.807, 2.05) is 13.8 Å². The minimum atomic E-state index is 0.745. The molecule has 3 N–H and O–H groups in total. The molecule has 1 rings (SSSR count). The maximum Gasteiger partial charge on any atom is 0.154 e. The molecule has 4 nitrogen and oxygen atoms in total. The molecule has 1 heterocycles. The molecule has 0 aromatic carbocycles. The second-order valence-electron chi connectivity index (χ2n) is 3.02. The Morgan fingerprint density at radius 3 is 2.71 bits per heavy atom. The average Bonchev–Trinajstić information content (AvgIpc) is 2.47. The van der Waals surface area contributed by atoms with Crippen LogP contribution in [0.2, 0.25) is 0 Å². The van der Waals surface area contributed by atoms with Crippen LogP contribution in [0, 0.1) is 13.8 Å². The van der Waals surface area contributed by atoms with Gasteiger partial charge in [0.15, 0.2) is 5.84 Å². The molecule has 0 amide bonds. The number of hydrogen-bond donors (Lipinski definition) is 2. The number of aryl methyl sites for hydroxylation is 2. The SMILES string of the molecule is CCCN=C(NN)c1sc(C)nc1C. The van der Waals surface area contributed by atoms with Crippen LogP contribution < -0.4 is 11.3 Å². The highest BCUT2D eigenvalue weighted by Gasteiger charge is 2.09. The number of aromatic nitrogens is 1. The first-order valence-electron chi connectivity index (χ1n) is 4.64. The molecule has 0 atom stereocenters. The fraction of sp³-hybridized carbons (Fsp3) is 0.556. The van der Waals surface area contributed by atoms with Crippen molar-refractivity contribution in [2.24, 2.45) is 10.8 Å². The van der Waals surface area contributed by atoms with Crippen molar-refractivity contribution in [1.82, 2.24) is 10.4 Å². The number of hydrazine groups is 1. The van der Waals surface area contributed by atoms with Gasteiger partial charge in [-0.2, -0.15) is 0 Å². The van der Waals surface area contributed by atoms with Crippen LogP contribution in [0.4, 0.5) is 0 Å². The zero-order valence-corrected chi connectivity index (χ0v) is 9.61. The van der Waals surface area contributed by atoms with Crippen LogP contribution in [0.15, 0.2) is 4.99 Å². The van der Waals surface area contributed by atoms with E-state index in [0.29, 0.717) is 0 Å². The Labute approximate surface area is 88.2 Å². The number of amidine groups is 1.